The van der Waals surface area contributed by atoms with Crippen LogP contribution in [0.15, 0.2) is 108 Å². The van der Waals surface area contributed by atoms with E-state index >= 15 is 0 Å². The largest absolute Gasteiger partial charge is 0.476 e. The van der Waals surface area contributed by atoms with Gasteiger partial charge >= 0.3 is 0 Å². The quantitative estimate of drug-likeness (QED) is 0.237. The van der Waals surface area contributed by atoms with Crippen LogP contribution in [-0.4, -0.2) is 26.4 Å². The molecular formula is C28H25N3O4S. The molecule has 4 N–H and O–H groups in total. The van der Waals surface area contributed by atoms with Crippen LogP contribution in [0.3, 0.4) is 0 Å². The van der Waals surface area contributed by atoms with Crippen molar-refractivity contribution in [3.05, 3.63) is 114 Å². The van der Waals surface area contributed by atoms with Crippen molar-refractivity contribution in [1.82, 2.24) is 0 Å². The van der Waals surface area contributed by atoms with Gasteiger partial charge in [-0.3, -0.25) is 10.2 Å². The number of nitrogens with two attached hydrogens (primary N) is 1. The SMILES string of the molecule is CS(=O)(=O)c1ccccc1-c1ccc(OC(C(=O)Nc2cccc(C(=N)N)c2)c2ccccc2)cc1. The minimum atomic E-state index is -3.40. The average Bonchev–Trinajstić information content (AvgIpc) is 2.88. The highest BCUT2D eigenvalue weighted by Gasteiger charge is 2.23. The summed E-state index contributed by atoms with van der Waals surface area (Å²) in [6.45, 7) is 0. The number of carbonyl (C=O) groups excluding carboxylic acids is 1. The van der Waals surface area contributed by atoms with Gasteiger partial charge in [-0.1, -0.05) is 72.8 Å². The van der Waals surface area contributed by atoms with Crippen molar-refractivity contribution >= 4 is 27.3 Å². The third-order valence-electron chi connectivity index (χ3n) is 5.49. The van der Waals surface area contributed by atoms with Crippen molar-refractivity contribution in [2.45, 2.75) is 11.0 Å². The van der Waals surface area contributed by atoms with E-state index in [1.807, 2.05) is 18.2 Å². The van der Waals surface area contributed by atoms with Gasteiger partial charge in [0.05, 0.1) is 4.90 Å². The first-order valence-corrected chi connectivity index (χ1v) is 13.0. The van der Waals surface area contributed by atoms with Crippen LogP contribution in [0.5, 0.6) is 5.75 Å². The molecule has 1 amide bonds. The molecule has 1 atom stereocenters. The average molecular weight is 500 g/mol. The van der Waals surface area contributed by atoms with Crippen LogP contribution in [0, 0.1) is 5.41 Å². The number of hydrogen-bond acceptors (Lipinski definition) is 5. The number of benzene rings is 4. The lowest BCUT2D eigenvalue weighted by Gasteiger charge is -2.20. The number of hydrogen-bond donors (Lipinski definition) is 3. The summed E-state index contributed by atoms with van der Waals surface area (Å²) < 4.78 is 30.5. The molecular weight excluding hydrogens is 474 g/mol. The van der Waals surface area contributed by atoms with Crippen LogP contribution in [-0.2, 0) is 14.6 Å². The van der Waals surface area contributed by atoms with E-state index in [1.54, 1.807) is 84.9 Å². The molecule has 0 radical (unpaired) electrons. The van der Waals surface area contributed by atoms with Gasteiger partial charge in [0.1, 0.15) is 11.6 Å². The number of ether oxygens (including phenoxy) is 1. The topological polar surface area (TPSA) is 122 Å². The zero-order valence-corrected chi connectivity index (χ0v) is 20.3. The number of nitrogen functional groups attached to an aromatic ring is 1. The lowest BCUT2D eigenvalue weighted by atomic mass is 10.1. The molecule has 0 heterocycles. The number of amidine groups is 1. The number of sulfone groups is 1. The zero-order chi connectivity index (χ0) is 25.7. The second-order valence-electron chi connectivity index (χ2n) is 8.19. The number of rotatable bonds is 8. The van der Waals surface area contributed by atoms with Crippen molar-refractivity contribution in [3.8, 4) is 16.9 Å². The van der Waals surface area contributed by atoms with Gasteiger partial charge in [0, 0.05) is 28.6 Å². The lowest BCUT2D eigenvalue weighted by Crippen LogP contribution is -2.26. The fourth-order valence-electron chi connectivity index (χ4n) is 3.75. The normalized spacial score (nSPS) is 11.9. The Morgan fingerprint density at radius 3 is 2.22 bits per heavy atom. The Kier molecular flexibility index (Phi) is 7.17. The molecule has 36 heavy (non-hydrogen) atoms. The van der Waals surface area contributed by atoms with Crippen molar-refractivity contribution in [1.29, 1.82) is 5.41 Å². The molecule has 182 valence electrons. The highest BCUT2D eigenvalue weighted by molar-refractivity contribution is 7.90. The molecule has 0 saturated carbocycles. The Morgan fingerprint density at radius 2 is 1.56 bits per heavy atom. The van der Waals surface area contributed by atoms with Gasteiger partial charge in [-0.05, 0) is 35.9 Å². The Balaban J connectivity index is 1.61. The number of carbonyl (C=O) groups is 1. The second-order valence-corrected chi connectivity index (χ2v) is 10.2. The molecule has 0 aromatic heterocycles. The third-order valence-corrected chi connectivity index (χ3v) is 6.64. The molecule has 0 saturated heterocycles. The fraction of sp³-hybridized carbons (Fsp3) is 0.0714. The van der Waals surface area contributed by atoms with Crippen molar-refractivity contribution in [2.24, 2.45) is 5.73 Å². The standard InChI is InChI=1S/C28H25N3O4S/c1-36(33,34)25-13-6-5-12-24(25)19-14-16-23(17-15-19)35-26(20-8-3-2-4-9-20)28(32)31-22-11-7-10-21(18-22)27(29)30/h2-18,26H,1H3,(H3,29,30)(H,31,32). The molecule has 0 aliphatic rings. The Bertz CT molecular complexity index is 1500. The summed E-state index contributed by atoms with van der Waals surface area (Å²) in [4.78, 5) is 13.5. The van der Waals surface area contributed by atoms with Crippen molar-refractivity contribution in [2.75, 3.05) is 11.6 Å². The van der Waals surface area contributed by atoms with Gasteiger partial charge in [0.15, 0.2) is 9.84 Å². The minimum absolute atomic E-state index is 0.0977. The molecule has 4 rings (SSSR count). The smallest absolute Gasteiger partial charge is 0.270 e. The van der Waals surface area contributed by atoms with Gasteiger partial charge in [0.2, 0.25) is 6.10 Å². The highest BCUT2D eigenvalue weighted by atomic mass is 32.2. The van der Waals surface area contributed by atoms with E-state index in [0.29, 0.717) is 33.7 Å². The van der Waals surface area contributed by atoms with Gasteiger partial charge < -0.3 is 15.8 Å². The van der Waals surface area contributed by atoms with E-state index in [-0.39, 0.29) is 10.7 Å². The van der Waals surface area contributed by atoms with Crippen LogP contribution in [0.1, 0.15) is 17.2 Å². The van der Waals surface area contributed by atoms with Crippen LogP contribution >= 0.6 is 0 Å². The molecule has 0 aliphatic carbocycles. The maximum absolute atomic E-state index is 13.3. The molecule has 4 aromatic rings. The first kappa shape index (κ1) is 24.7. The number of anilines is 1. The van der Waals surface area contributed by atoms with Gasteiger partial charge in [0.25, 0.3) is 5.91 Å². The van der Waals surface area contributed by atoms with E-state index in [9.17, 15) is 13.2 Å². The molecule has 1 unspecified atom stereocenters. The fourth-order valence-corrected chi connectivity index (χ4v) is 4.66. The van der Waals surface area contributed by atoms with E-state index in [4.69, 9.17) is 15.9 Å². The molecule has 0 spiro atoms. The molecule has 0 fully saturated rings. The summed E-state index contributed by atoms with van der Waals surface area (Å²) in [6.07, 6.45) is 0.222. The number of amides is 1. The van der Waals surface area contributed by atoms with Crippen molar-refractivity contribution < 1.29 is 17.9 Å². The predicted molar refractivity (Wildman–Crippen MR) is 141 cm³/mol. The Hall–Kier alpha value is -4.43. The molecule has 0 bridgehead atoms. The molecule has 7 nitrogen and oxygen atoms in total. The zero-order valence-electron chi connectivity index (χ0n) is 19.5. The van der Waals surface area contributed by atoms with E-state index in [0.717, 1.165) is 0 Å². The summed E-state index contributed by atoms with van der Waals surface area (Å²) in [5.41, 5.74) is 8.51. The summed E-state index contributed by atoms with van der Waals surface area (Å²) in [5, 5.41) is 10.5. The van der Waals surface area contributed by atoms with E-state index < -0.39 is 21.8 Å². The molecule has 8 heteroatoms. The van der Waals surface area contributed by atoms with Crippen molar-refractivity contribution in [3.63, 3.8) is 0 Å². The summed E-state index contributed by atoms with van der Waals surface area (Å²) in [6, 6.07) is 29.5. The maximum Gasteiger partial charge on any atom is 0.270 e. The Labute approximate surface area is 210 Å². The maximum atomic E-state index is 13.3. The summed E-state index contributed by atoms with van der Waals surface area (Å²) in [7, 11) is -3.40. The van der Waals surface area contributed by atoms with E-state index in [1.165, 1.54) is 6.26 Å². The molecule has 4 aromatic carbocycles. The summed E-state index contributed by atoms with van der Waals surface area (Å²) in [5.74, 6) is -0.0510. The minimum Gasteiger partial charge on any atom is -0.476 e. The summed E-state index contributed by atoms with van der Waals surface area (Å²) >= 11 is 0. The van der Waals surface area contributed by atoms with E-state index in [2.05, 4.69) is 5.32 Å². The first-order chi connectivity index (χ1) is 17.2. The lowest BCUT2D eigenvalue weighted by molar-refractivity contribution is -0.123. The third kappa shape index (κ3) is 5.79. The van der Waals surface area contributed by atoms with Crippen LogP contribution in [0.2, 0.25) is 0 Å². The first-order valence-electron chi connectivity index (χ1n) is 11.1. The van der Waals surface area contributed by atoms with Crippen LogP contribution in [0.25, 0.3) is 11.1 Å². The van der Waals surface area contributed by atoms with Crippen LogP contribution in [0.4, 0.5) is 5.69 Å². The van der Waals surface area contributed by atoms with Gasteiger partial charge in [-0.25, -0.2) is 8.42 Å². The monoisotopic (exact) mass is 499 g/mol. The van der Waals surface area contributed by atoms with Gasteiger partial charge in [-0.15, -0.1) is 0 Å². The second kappa shape index (κ2) is 10.5. The van der Waals surface area contributed by atoms with Crippen LogP contribution < -0.4 is 15.8 Å². The number of nitrogens with one attached hydrogen (secondary N) is 2. The predicted octanol–water partition coefficient (Wildman–Crippen LogP) is 4.80. The van der Waals surface area contributed by atoms with Gasteiger partial charge in [-0.2, -0.15) is 0 Å². The molecule has 0 aliphatic heterocycles. The highest BCUT2D eigenvalue weighted by Crippen LogP contribution is 2.30. The Morgan fingerprint density at radius 1 is 0.889 bits per heavy atom.